The Balaban J connectivity index is 1.89. The van der Waals surface area contributed by atoms with Crippen molar-refractivity contribution in [3.63, 3.8) is 0 Å². The highest BCUT2D eigenvalue weighted by Gasteiger charge is 2.22. The summed E-state index contributed by atoms with van der Waals surface area (Å²) in [4.78, 5) is 2.52. The van der Waals surface area contributed by atoms with Crippen molar-refractivity contribution in [3.8, 4) is 0 Å². The molecular weight excluding hydrogens is 272 g/mol. The van der Waals surface area contributed by atoms with Crippen molar-refractivity contribution in [1.82, 2.24) is 20.0 Å². The van der Waals surface area contributed by atoms with Gasteiger partial charge in [0, 0.05) is 20.1 Å². The highest BCUT2D eigenvalue weighted by molar-refractivity contribution is 6.31. The maximum absolute atomic E-state index is 6.35. The van der Waals surface area contributed by atoms with E-state index in [-0.39, 0.29) is 0 Å². The Morgan fingerprint density at radius 3 is 2.90 bits per heavy atom. The van der Waals surface area contributed by atoms with Gasteiger partial charge in [0.15, 0.2) is 0 Å². The molecule has 0 bridgehead atoms. The summed E-state index contributed by atoms with van der Waals surface area (Å²) < 4.78 is 1.93. The molecule has 1 saturated heterocycles. The number of likely N-dealkylation sites (tertiary alicyclic amines) is 1. The third kappa shape index (κ3) is 3.96. The van der Waals surface area contributed by atoms with E-state index in [9.17, 15) is 0 Å². The largest absolute Gasteiger partial charge is 0.316 e. The molecule has 2 rings (SSSR count). The summed E-state index contributed by atoms with van der Waals surface area (Å²) in [5.74, 6) is 0.767. The van der Waals surface area contributed by atoms with Crippen LogP contribution >= 0.6 is 11.6 Å². The summed E-state index contributed by atoms with van der Waals surface area (Å²) >= 11 is 6.35. The fourth-order valence-corrected chi connectivity index (χ4v) is 3.23. The van der Waals surface area contributed by atoms with Crippen LogP contribution in [0.25, 0.3) is 0 Å². The number of hydrogen-bond acceptors (Lipinski definition) is 3. The summed E-state index contributed by atoms with van der Waals surface area (Å²) in [6.07, 6.45) is 3.83. The van der Waals surface area contributed by atoms with Crippen LogP contribution in [0.5, 0.6) is 0 Å². The van der Waals surface area contributed by atoms with Gasteiger partial charge in [-0.15, -0.1) is 0 Å². The van der Waals surface area contributed by atoms with Crippen molar-refractivity contribution < 1.29 is 0 Å². The van der Waals surface area contributed by atoms with E-state index in [0.29, 0.717) is 0 Å². The zero-order chi connectivity index (χ0) is 14.5. The van der Waals surface area contributed by atoms with E-state index in [1.54, 1.807) is 0 Å². The van der Waals surface area contributed by atoms with Gasteiger partial charge in [0.2, 0.25) is 0 Å². The molecule has 20 heavy (non-hydrogen) atoms. The first-order chi connectivity index (χ1) is 9.61. The maximum atomic E-state index is 6.35. The van der Waals surface area contributed by atoms with Gasteiger partial charge in [0.1, 0.15) is 0 Å². The summed E-state index contributed by atoms with van der Waals surface area (Å²) in [7, 11) is 1.98. The van der Waals surface area contributed by atoms with Crippen molar-refractivity contribution >= 4 is 11.6 Å². The summed E-state index contributed by atoms with van der Waals surface area (Å²) in [5, 5.41) is 8.78. The van der Waals surface area contributed by atoms with Gasteiger partial charge >= 0.3 is 0 Å². The number of aryl methyl sites for hydroxylation is 2. The Morgan fingerprint density at radius 2 is 2.25 bits per heavy atom. The number of nitrogens with one attached hydrogen (secondary N) is 1. The number of hydrogen-bond donors (Lipinski definition) is 1. The summed E-state index contributed by atoms with van der Waals surface area (Å²) in [6, 6.07) is 0. The zero-order valence-corrected chi connectivity index (χ0v) is 13.7. The average Bonchev–Trinajstić information content (AvgIpc) is 2.66. The highest BCUT2D eigenvalue weighted by Crippen LogP contribution is 2.23. The van der Waals surface area contributed by atoms with Gasteiger partial charge in [-0.2, -0.15) is 5.10 Å². The van der Waals surface area contributed by atoms with Gasteiger partial charge in [0.05, 0.1) is 16.4 Å². The summed E-state index contributed by atoms with van der Waals surface area (Å²) in [5.41, 5.74) is 2.08. The van der Waals surface area contributed by atoms with Crippen molar-refractivity contribution in [2.75, 3.05) is 26.2 Å². The van der Waals surface area contributed by atoms with Crippen LogP contribution in [0.1, 0.15) is 37.6 Å². The number of halogens is 1. The van der Waals surface area contributed by atoms with Crippen LogP contribution in [0, 0.1) is 12.8 Å². The quantitative estimate of drug-likeness (QED) is 0.820. The van der Waals surface area contributed by atoms with Crippen LogP contribution in [0.2, 0.25) is 5.02 Å². The topological polar surface area (TPSA) is 33.1 Å². The van der Waals surface area contributed by atoms with Gasteiger partial charge < -0.3 is 5.32 Å². The first-order valence-corrected chi connectivity index (χ1v) is 8.10. The molecule has 1 aliphatic rings. The smallest absolute Gasteiger partial charge is 0.0860 e. The lowest BCUT2D eigenvalue weighted by molar-refractivity contribution is 0.162. The predicted molar refractivity (Wildman–Crippen MR) is 84.1 cm³/mol. The molecule has 1 unspecified atom stereocenters. The zero-order valence-electron chi connectivity index (χ0n) is 13.0. The van der Waals surface area contributed by atoms with Crippen molar-refractivity contribution in [2.24, 2.45) is 13.0 Å². The standard InChI is InChI=1S/C15H27ClN4/c1-4-7-17-9-13-6-5-8-20(10-13)11-14-15(16)12(2)18-19(14)3/h13,17H,4-11H2,1-3H3. The monoisotopic (exact) mass is 298 g/mol. The van der Waals surface area contributed by atoms with Gasteiger partial charge in [-0.1, -0.05) is 18.5 Å². The molecule has 1 aromatic heterocycles. The van der Waals surface area contributed by atoms with E-state index in [1.807, 2.05) is 18.7 Å². The Morgan fingerprint density at radius 1 is 1.45 bits per heavy atom. The molecule has 5 heteroatoms. The Bertz CT molecular complexity index is 430. The molecule has 1 N–H and O–H groups in total. The van der Waals surface area contributed by atoms with Crippen LogP contribution in [0.15, 0.2) is 0 Å². The number of aromatic nitrogens is 2. The molecule has 0 spiro atoms. The molecule has 0 amide bonds. The first kappa shape index (κ1) is 15.8. The average molecular weight is 299 g/mol. The highest BCUT2D eigenvalue weighted by atomic mass is 35.5. The Hall–Kier alpha value is -0.580. The molecule has 2 heterocycles. The van der Waals surface area contributed by atoms with Crippen LogP contribution in [0.4, 0.5) is 0 Å². The SMILES string of the molecule is CCCNCC1CCCN(Cc2c(Cl)c(C)nn2C)C1. The third-order valence-corrected chi connectivity index (χ3v) is 4.59. The Kier molecular flexibility index (Phi) is 5.87. The third-order valence-electron chi connectivity index (χ3n) is 4.10. The van der Waals surface area contributed by atoms with Gasteiger partial charge in [-0.3, -0.25) is 9.58 Å². The lowest BCUT2D eigenvalue weighted by Gasteiger charge is -2.32. The van der Waals surface area contributed by atoms with Crippen LogP contribution in [0.3, 0.4) is 0 Å². The molecule has 1 fully saturated rings. The Labute approximate surface area is 127 Å². The van der Waals surface area contributed by atoms with Gasteiger partial charge in [-0.05, 0) is 51.7 Å². The first-order valence-electron chi connectivity index (χ1n) is 7.72. The van der Waals surface area contributed by atoms with E-state index in [0.717, 1.165) is 48.5 Å². The lowest BCUT2D eigenvalue weighted by Crippen LogP contribution is -2.39. The van der Waals surface area contributed by atoms with Crippen molar-refractivity contribution in [3.05, 3.63) is 16.4 Å². The van der Waals surface area contributed by atoms with Gasteiger partial charge in [0.25, 0.3) is 0 Å². The predicted octanol–water partition coefficient (Wildman–Crippen LogP) is 2.59. The fourth-order valence-electron chi connectivity index (χ4n) is 3.01. The van der Waals surface area contributed by atoms with Crippen molar-refractivity contribution in [2.45, 2.75) is 39.7 Å². The second kappa shape index (κ2) is 7.43. The van der Waals surface area contributed by atoms with E-state index >= 15 is 0 Å². The second-order valence-electron chi connectivity index (χ2n) is 5.92. The molecule has 0 saturated carbocycles. The minimum Gasteiger partial charge on any atom is -0.316 e. The molecule has 0 aliphatic carbocycles. The summed E-state index contributed by atoms with van der Waals surface area (Å²) in [6.45, 7) is 9.71. The van der Waals surface area contributed by atoms with Crippen LogP contribution in [-0.2, 0) is 13.6 Å². The van der Waals surface area contributed by atoms with E-state index in [2.05, 4.69) is 22.2 Å². The lowest BCUT2D eigenvalue weighted by atomic mass is 9.98. The minimum atomic E-state index is 0.767. The number of piperidine rings is 1. The minimum absolute atomic E-state index is 0.767. The van der Waals surface area contributed by atoms with Gasteiger partial charge in [-0.25, -0.2) is 0 Å². The fraction of sp³-hybridized carbons (Fsp3) is 0.800. The number of rotatable bonds is 6. The molecule has 4 nitrogen and oxygen atoms in total. The molecular formula is C15H27ClN4. The second-order valence-corrected chi connectivity index (χ2v) is 6.30. The molecule has 1 aromatic rings. The molecule has 0 aromatic carbocycles. The molecule has 1 atom stereocenters. The van der Waals surface area contributed by atoms with Crippen molar-refractivity contribution in [1.29, 1.82) is 0 Å². The maximum Gasteiger partial charge on any atom is 0.0860 e. The molecule has 1 aliphatic heterocycles. The van der Waals surface area contributed by atoms with Crippen LogP contribution in [-0.4, -0.2) is 40.9 Å². The number of nitrogens with zero attached hydrogens (tertiary/aromatic N) is 3. The van der Waals surface area contributed by atoms with E-state index in [4.69, 9.17) is 11.6 Å². The van der Waals surface area contributed by atoms with E-state index < -0.39 is 0 Å². The van der Waals surface area contributed by atoms with E-state index in [1.165, 1.54) is 25.8 Å². The normalized spacial score (nSPS) is 20.5. The van der Waals surface area contributed by atoms with Crippen LogP contribution < -0.4 is 5.32 Å². The molecule has 114 valence electrons. The molecule has 0 radical (unpaired) electrons.